The molecule has 1 aromatic carbocycles. The third kappa shape index (κ3) is 3.48. The van der Waals surface area contributed by atoms with Crippen molar-refractivity contribution in [2.24, 2.45) is 7.05 Å². The van der Waals surface area contributed by atoms with Crippen molar-refractivity contribution < 1.29 is 0 Å². The molecule has 0 N–H and O–H groups in total. The fraction of sp³-hybridized carbons (Fsp3) is 0.500. The maximum atomic E-state index is 4.91. The normalized spacial score (nSPS) is 11.9. The average Bonchev–Trinajstić information content (AvgIpc) is 3.36. The Morgan fingerprint density at radius 2 is 1.71 bits per heavy atom. The molecule has 0 radical (unpaired) electrons. The highest BCUT2D eigenvalue weighted by Gasteiger charge is 2.21. The molecule has 0 atom stereocenters. The van der Waals surface area contributed by atoms with Crippen molar-refractivity contribution >= 4 is 45.0 Å². The van der Waals surface area contributed by atoms with Crippen LogP contribution in [0.2, 0.25) is 0 Å². The van der Waals surface area contributed by atoms with Gasteiger partial charge < -0.3 is 0 Å². The van der Waals surface area contributed by atoms with Crippen LogP contribution in [0.15, 0.2) is 12.1 Å². The van der Waals surface area contributed by atoms with E-state index in [0.717, 1.165) is 17.5 Å². The van der Waals surface area contributed by atoms with E-state index in [-0.39, 0.29) is 0 Å². The van der Waals surface area contributed by atoms with Crippen LogP contribution in [0, 0.1) is 13.8 Å². The summed E-state index contributed by atoms with van der Waals surface area (Å²) >= 11 is 3.17. The molecule has 3 heterocycles. The Labute approximate surface area is 174 Å². The Balaban J connectivity index is 1.71. The average molecular weight is 413 g/mol. The molecule has 0 unspecified atom stereocenters. The van der Waals surface area contributed by atoms with Crippen molar-refractivity contribution in [1.82, 2.24) is 18.5 Å². The molecule has 4 aromatic rings. The third-order valence-corrected chi connectivity index (χ3v) is 7.22. The lowest BCUT2D eigenvalue weighted by molar-refractivity contribution is 0.602. The Morgan fingerprint density at radius 3 is 2.54 bits per heavy atom. The first kappa shape index (κ1) is 19.5. The summed E-state index contributed by atoms with van der Waals surface area (Å²) in [6, 6.07) is 4.38. The summed E-state index contributed by atoms with van der Waals surface area (Å²) < 4.78 is 11.2. The molecule has 0 fully saturated rings. The predicted molar refractivity (Wildman–Crippen MR) is 122 cm³/mol. The maximum absolute atomic E-state index is 4.91. The van der Waals surface area contributed by atoms with Gasteiger partial charge in [0.25, 0.3) is 0 Å². The van der Waals surface area contributed by atoms with Crippen LogP contribution in [-0.4, -0.2) is 18.5 Å². The summed E-state index contributed by atoms with van der Waals surface area (Å²) in [5.74, 6) is 0. The summed E-state index contributed by atoms with van der Waals surface area (Å²) in [5.41, 5.74) is 6.97. The number of hydrogen-bond acceptors (Lipinski definition) is 5. The Morgan fingerprint density at radius 1 is 0.964 bits per heavy atom. The highest BCUT2D eigenvalue weighted by Crippen LogP contribution is 2.43. The van der Waals surface area contributed by atoms with E-state index in [0.29, 0.717) is 0 Å². The maximum Gasteiger partial charge on any atom is 0.113 e. The van der Waals surface area contributed by atoms with E-state index < -0.39 is 0 Å². The number of nitrogens with zero attached hydrogens (tertiary/aromatic N) is 4. The number of aromatic nitrogens is 4. The molecule has 148 valence electrons. The van der Waals surface area contributed by atoms with Crippen LogP contribution >= 0.6 is 23.1 Å². The monoisotopic (exact) mass is 412 g/mol. The molecule has 4 rings (SSSR count). The van der Waals surface area contributed by atoms with Gasteiger partial charge in [-0.05, 0) is 32.3 Å². The van der Waals surface area contributed by atoms with Gasteiger partial charge in [-0.25, -0.2) is 0 Å². The third-order valence-electron chi connectivity index (χ3n) is 5.56. The standard InChI is InChI=1S/C22H28N4S2/c1-5-6-7-8-9-10-11-17-18-21(26(4)23-17)15(3)27-22(18)16-13-12-14(2)19-20(16)25-28-24-19/h12-13H,5-11H2,1-4H3. The van der Waals surface area contributed by atoms with Gasteiger partial charge in [-0.15, -0.1) is 11.3 Å². The van der Waals surface area contributed by atoms with Gasteiger partial charge in [0.05, 0.1) is 22.9 Å². The molecule has 0 spiro atoms. The van der Waals surface area contributed by atoms with Gasteiger partial charge in [-0.2, -0.15) is 13.8 Å². The zero-order valence-corrected chi connectivity index (χ0v) is 18.8. The van der Waals surface area contributed by atoms with Gasteiger partial charge in [-0.1, -0.05) is 51.2 Å². The fourth-order valence-electron chi connectivity index (χ4n) is 4.09. The minimum atomic E-state index is 1.03. The number of aryl methyl sites for hydroxylation is 4. The molecule has 4 nitrogen and oxygen atoms in total. The van der Waals surface area contributed by atoms with Gasteiger partial charge in [-0.3, -0.25) is 4.68 Å². The van der Waals surface area contributed by atoms with Gasteiger partial charge in [0.1, 0.15) is 11.0 Å². The molecule has 28 heavy (non-hydrogen) atoms. The molecule has 0 amide bonds. The lowest BCUT2D eigenvalue weighted by atomic mass is 10.0. The molecule has 0 saturated heterocycles. The Bertz CT molecular complexity index is 1100. The Hall–Kier alpha value is -1.79. The lowest BCUT2D eigenvalue weighted by Crippen LogP contribution is -1.93. The topological polar surface area (TPSA) is 43.6 Å². The fourth-order valence-corrected chi connectivity index (χ4v) is 5.93. The van der Waals surface area contributed by atoms with Crippen LogP contribution < -0.4 is 0 Å². The van der Waals surface area contributed by atoms with E-state index >= 15 is 0 Å². The van der Waals surface area contributed by atoms with Crippen molar-refractivity contribution in [2.45, 2.75) is 65.7 Å². The molecule has 0 bridgehead atoms. The summed E-state index contributed by atoms with van der Waals surface area (Å²) in [5, 5.41) is 6.24. The van der Waals surface area contributed by atoms with Crippen molar-refractivity contribution in [1.29, 1.82) is 0 Å². The van der Waals surface area contributed by atoms with Crippen LogP contribution in [0.5, 0.6) is 0 Å². The van der Waals surface area contributed by atoms with Gasteiger partial charge in [0.2, 0.25) is 0 Å². The highest BCUT2D eigenvalue weighted by atomic mass is 32.1. The van der Waals surface area contributed by atoms with Crippen molar-refractivity contribution in [2.75, 3.05) is 0 Å². The molecule has 6 heteroatoms. The first-order chi connectivity index (χ1) is 13.6. The van der Waals surface area contributed by atoms with E-state index in [9.17, 15) is 0 Å². The smallest absolute Gasteiger partial charge is 0.113 e. The molecule has 0 aliphatic rings. The van der Waals surface area contributed by atoms with E-state index in [4.69, 9.17) is 5.10 Å². The second-order valence-corrected chi connectivity index (χ2v) is 9.44. The summed E-state index contributed by atoms with van der Waals surface area (Å²) in [7, 11) is 2.08. The van der Waals surface area contributed by atoms with Crippen molar-refractivity contribution in [3.05, 3.63) is 28.3 Å². The molecule has 0 aliphatic heterocycles. The van der Waals surface area contributed by atoms with Gasteiger partial charge in [0.15, 0.2) is 0 Å². The number of fused-ring (bicyclic) bond motifs is 2. The van der Waals surface area contributed by atoms with E-state index in [2.05, 4.69) is 53.4 Å². The van der Waals surface area contributed by atoms with Crippen LogP contribution in [0.1, 0.15) is 61.6 Å². The minimum Gasteiger partial charge on any atom is -0.267 e. The summed E-state index contributed by atoms with van der Waals surface area (Å²) in [6.07, 6.45) is 8.91. The molecule has 3 aromatic heterocycles. The van der Waals surface area contributed by atoms with Crippen molar-refractivity contribution in [3.63, 3.8) is 0 Å². The largest absolute Gasteiger partial charge is 0.267 e. The van der Waals surface area contributed by atoms with E-state index in [1.54, 1.807) is 0 Å². The highest BCUT2D eigenvalue weighted by molar-refractivity contribution is 7.17. The lowest BCUT2D eigenvalue weighted by Gasteiger charge is -2.04. The number of hydrogen-bond donors (Lipinski definition) is 0. The first-order valence-electron chi connectivity index (χ1n) is 10.3. The van der Waals surface area contributed by atoms with Crippen LogP contribution in [0.4, 0.5) is 0 Å². The number of unbranched alkanes of at least 4 members (excludes halogenated alkanes) is 5. The molecular weight excluding hydrogens is 384 g/mol. The van der Waals surface area contributed by atoms with Crippen molar-refractivity contribution in [3.8, 4) is 10.4 Å². The van der Waals surface area contributed by atoms with E-state index in [1.165, 1.54) is 87.7 Å². The Kier molecular flexibility index (Phi) is 5.78. The molecular formula is C22H28N4S2. The van der Waals surface area contributed by atoms with Crippen LogP contribution in [-0.2, 0) is 13.5 Å². The van der Waals surface area contributed by atoms with Gasteiger partial charge in [0, 0.05) is 27.8 Å². The quantitative estimate of drug-likeness (QED) is 0.298. The van der Waals surface area contributed by atoms with Crippen LogP contribution in [0.25, 0.3) is 32.4 Å². The van der Waals surface area contributed by atoms with Crippen LogP contribution in [0.3, 0.4) is 0 Å². The number of benzene rings is 1. The SMILES string of the molecule is CCCCCCCCc1nn(C)c2c(C)sc(-c3ccc(C)c4nsnc34)c12. The summed E-state index contributed by atoms with van der Waals surface area (Å²) in [4.78, 5) is 2.63. The second-order valence-electron chi connectivity index (χ2n) is 7.69. The predicted octanol–water partition coefficient (Wildman–Crippen LogP) is 6.83. The van der Waals surface area contributed by atoms with Gasteiger partial charge >= 0.3 is 0 Å². The second kappa shape index (κ2) is 8.29. The van der Waals surface area contributed by atoms with E-state index in [1.807, 2.05) is 11.3 Å². The zero-order valence-electron chi connectivity index (χ0n) is 17.2. The molecule has 0 saturated carbocycles. The molecule has 0 aliphatic carbocycles. The first-order valence-corrected chi connectivity index (χ1v) is 11.8. The minimum absolute atomic E-state index is 1.03. The number of rotatable bonds is 8. The summed E-state index contributed by atoms with van der Waals surface area (Å²) in [6.45, 7) is 6.58. The number of thiophene rings is 1. The zero-order chi connectivity index (χ0) is 19.7.